The smallest absolute Gasteiger partial charge is 0.173 e. The van der Waals surface area contributed by atoms with E-state index < -0.39 is 0 Å². The molecule has 0 atom stereocenters. The summed E-state index contributed by atoms with van der Waals surface area (Å²) >= 11 is 7.26. The molecule has 2 aromatic carbocycles. The van der Waals surface area contributed by atoms with Crippen LogP contribution in [0.25, 0.3) is 0 Å². The number of carbonyl (C=O) groups excluding carboxylic acids is 1. The van der Waals surface area contributed by atoms with Crippen molar-refractivity contribution in [3.8, 4) is 0 Å². The average Bonchev–Trinajstić information content (AvgIpc) is 2.35. The van der Waals surface area contributed by atoms with Gasteiger partial charge in [-0.2, -0.15) is 0 Å². The highest BCUT2D eigenvalue weighted by Crippen LogP contribution is 2.22. The molecule has 0 aliphatic rings. The van der Waals surface area contributed by atoms with Gasteiger partial charge in [-0.15, -0.1) is 11.8 Å². The maximum absolute atomic E-state index is 13.2. The molecule has 0 bridgehead atoms. The summed E-state index contributed by atoms with van der Waals surface area (Å²) in [5.41, 5.74) is 1.16. The monoisotopic (exact) mass is 294 g/mol. The lowest BCUT2D eigenvalue weighted by molar-refractivity contribution is 0.102. The van der Waals surface area contributed by atoms with E-state index in [2.05, 4.69) is 0 Å². The molecule has 0 amide bonds. The minimum absolute atomic E-state index is 0.0902. The third-order valence-electron chi connectivity index (χ3n) is 2.53. The van der Waals surface area contributed by atoms with Gasteiger partial charge in [-0.1, -0.05) is 17.7 Å². The summed E-state index contributed by atoms with van der Waals surface area (Å²) in [7, 11) is 0. The second kappa shape index (κ2) is 6.22. The predicted molar refractivity (Wildman–Crippen MR) is 77.6 cm³/mol. The molecular formula is C15H12ClFOS. The number of thioether (sulfide) groups is 1. The normalized spacial score (nSPS) is 10.5. The van der Waals surface area contributed by atoms with E-state index in [1.165, 1.54) is 23.9 Å². The fourth-order valence-electron chi connectivity index (χ4n) is 1.69. The van der Waals surface area contributed by atoms with Crippen LogP contribution >= 0.6 is 23.4 Å². The number of halogens is 2. The van der Waals surface area contributed by atoms with E-state index in [1.54, 1.807) is 25.1 Å². The molecule has 0 heterocycles. The van der Waals surface area contributed by atoms with Crippen LogP contribution in [0.3, 0.4) is 0 Å². The van der Waals surface area contributed by atoms with Gasteiger partial charge in [-0.25, -0.2) is 4.39 Å². The van der Waals surface area contributed by atoms with Crippen molar-refractivity contribution in [1.82, 2.24) is 0 Å². The van der Waals surface area contributed by atoms with Crippen molar-refractivity contribution in [3.63, 3.8) is 0 Å². The highest BCUT2D eigenvalue weighted by molar-refractivity contribution is 8.00. The Balaban J connectivity index is 2.05. The lowest BCUT2D eigenvalue weighted by atomic mass is 10.1. The molecule has 0 aromatic heterocycles. The third kappa shape index (κ3) is 4.08. The molecule has 19 heavy (non-hydrogen) atoms. The fraction of sp³-hybridized carbons (Fsp3) is 0.133. The Kier molecular flexibility index (Phi) is 4.61. The van der Waals surface area contributed by atoms with Crippen LogP contribution in [-0.2, 0) is 0 Å². The lowest BCUT2D eigenvalue weighted by Gasteiger charge is -2.04. The van der Waals surface area contributed by atoms with Crippen LogP contribution in [0, 0.1) is 12.7 Å². The zero-order chi connectivity index (χ0) is 13.8. The van der Waals surface area contributed by atoms with Gasteiger partial charge in [-0.3, -0.25) is 4.79 Å². The molecule has 0 fully saturated rings. The average molecular weight is 295 g/mol. The lowest BCUT2D eigenvalue weighted by Crippen LogP contribution is -2.03. The standard InChI is InChI=1S/C15H12ClFOS/c1-10-5-11(7-13(17)6-10)15(18)9-19-14-4-2-3-12(16)8-14/h2-8H,9H2,1H3. The minimum Gasteiger partial charge on any atom is -0.293 e. The van der Waals surface area contributed by atoms with Crippen LogP contribution in [0.15, 0.2) is 47.4 Å². The molecule has 0 N–H and O–H groups in total. The largest absolute Gasteiger partial charge is 0.293 e. The van der Waals surface area contributed by atoms with Crippen molar-refractivity contribution in [1.29, 1.82) is 0 Å². The first-order valence-corrected chi connectivity index (χ1v) is 7.10. The van der Waals surface area contributed by atoms with E-state index in [-0.39, 0.29) is 17.4 Å². The summed E-state index contributed by atoms with van der Waals surface area (Å²) in [5.74, 6) is -0.202. The van der Waals surface area contributed by atoms with Crippen molar-refractivity contribution in [2.45, 2.75) is 11.8 Å². The molecule has 0 saturated heterocycles. The van der Waals surface area contributed by atoms with Gasteiger partial charge in [0.15, 0.2) is 5.78 Å². The quantitative estimate of drug-likeness (QED) is 0.597. The van der Waals surface area contributed by atoms with Gasteiger partial charge in [0.05, 0.1) is 5.75 Å². The van der Waals surface area contributed by atoms with Crippen LogP contribution < -0.4 is 0 Å². The number of carbonyl (C=O) groups is 1. The van der Waals surface area contributed by atoms with E-state index >= 15 is 0 Å². The Bertz CT molecular complexity index is 593. The van der Waals surface area contributed by atoms with Gasteiger partial charge in [0.1, 0.15) is 5.82 Å². The molecule has 0 aliphatic carbocycles. The molecule has 0 radical (unpaired) electrons. The van der Waals surface area contributed by atoms with Gasteiger partial charge >= 0.3 is 0 Å². The highest BCUT2D eigenvalue weighted by atomic mass is 35.5. The first-order chi connectivity index (χ1) is 9.04. The van der Waals surface area contributed by atoms with E-state index in [0.717, 1.165) is 10.5 Å². The number of rotatable bonds is 4. The molecule has 0 saturated carbocycles. The number of aryl methyl sites for hydroxylation is 1. The van der Waals surface area contributed by atoms with Crippen molar-refractivity contribution < 1.29 is 9.18 Å². The molecule has 98 valence electrons. The molecular weight excluding hydrogens is 283 g/mol. The van der Waals surface area contributed by atoms with Crippen molar-refractivity contribution in [2.75, 3.05) is 5.75 Å². The second-order valence-electron chi connectivity index (χ2n) is 4.19. The van der Waals surface area contributed by atoms with Gasteiger partial charge in [0.25, 0.3) is 0 Å². The summed E-state index contributed by atoms with van der Waals surface area (Å²) < 4.78 is 13.2. The maximum Gasteiger partial charge on any atom is 0.173 e. The van der Waals surface area contributed by atoms with Crippen LogP contribution in [-0.4, -0.2) is 11.5 Å². The van der Waals surface area contributed by atoms with Gasteiger partial charge in [0, 0.05) is 15.5 Å². The Morgan fingerprint density at radius 3 is 2.74 bits per heavy atom. The third-order valence-corrected chi connectivity index (χ3v) is 3.76. The molecule has 4 heteroatoms. The van der Waals surface area contributed by atoms with Crippen LogP contribution in [0.5, 0.6) is 0 Å². The second-order valence-corrected chi connectivity index (χ2v) is 5.67. The summed E-state index contributed by atoms with van der Waals surface area (Å²) in [6, 6.07) is 11.7. The Morgan fingerprint density at radius 2 is 2.05 bits per heavy atom. The predicted octanol–water partition coefficient (Wildman–Crippen LogP) is 4.76. The summed E-state index contributed by atoms with van der Waals surface area (Å²) in [5, 5.41) is 0.638. The van der Waals surface area contributed by atoms with Crippen molar-refractivity contribution in [2.24, 2.45) is 0 Å². The van der Waals surface area contributed by atoms with E-state index in [4.69, 9.17) is 11.6 Å². The molecule has 2 aromatic rings. The molecule has 0 spiro atoms. The maximum atomic E-state index is 13.2. The zero-order valence-electron chi connectivity index (χ0n) is 10.3. The topological polar surface area (TPSA) is 17.1 Å². The Hall–Kier alpha value is -1.32. The van der Waals surface area contributed by atoms with Crippen LogP contribution in [0.1, 0.15) is 15.9 Å². The van der Waals surface area contributed by atoms with Crippen molar-refractivity contribution in [3.05, 3.63) is 64.4 Å². The van der Waals surface area contributed by atoms with E-state index in [1.807, 2.05) is 12.1 Å². The summed E-state index contributed by atoms with van der Waals surface area (Å²) in [6.45, 7) is 1.77. The minimum atomic E-state index is -0.379. The zero-order valence-corrected chi connectivity index (χ0v) is 11.9. The first-order valence-electron chi connectivity index (χ1n) is 5.73. The number of hydrogen-bond acceptors (Lipinski definition) is 2. The SMILES string of the molecule is Cc1cc(F)cc(C(=O)CSc2cccc(Cl)c2)c1. The Morgan fingerprint density at radius 1 is 1.26 bits per heavy atom. The number of ketones is 1. The molecule has 0 unspecified atom stereocenters. The van der Waals surface area contributed by atoms with E-state index in [0.29, 0.717) is 10.6 Å². The van der Waals surface area contributed by atoms with Crippen molar-refractivity contribution >= 4 is 29.1 Å². The van der Waals surface area contributed by atoms with Crippen LogP contribution in [0.2, 0.25) is 5.02 Å². The first kappa shape index (κ1) is 14.1. The van der Waals surface area contributed by atoms with Gasteiger partial charge < -0.3 is 0 Å². The Labute approximate surface area is 120 Å². The summed E-state index contributed by atoms with van der Waals surface area (Å²) in [4.78, 5) is 12.9. The molecule has 1 nitrogen and oxygen atoms in total. The number of benzene rings is 2. The summed E-state index contributed by atoms with van der Waals surface area (Å²) in [6.07, 6.45) is 0. The highest BCUT2D eigenvalue weighted by Gasteiger charge is 2.09. The molecule has 2 rings (SSSR count). The number of hydrogen-bond donors (Lipinski definition) is 0. The fourth-order valence-corrected chi connectivity index (χ4v) is 2.79. The number of Topliss-reactive ketones (excluding diaryl/α,β-unsaturated/α-hetero) is 1. The molecule has 0 aliphatic heterocycles. The van der Waals surface area contributed by atoms with Gasteiger partial charge in [-0.05, 0) is 48.9 Å². The van der Waals surface area contributed by atoms with Crippen LogP contribution in [0.4, 0.5) is 4.39 Å². The van der Waals surface area contributed by atoms with Gasteiger partial charge in [0.2, 0.25) is 0 Å². The van der Waals surface area contributed by atoms with E-state index in [9.17, 15) is 9.18 Å².